The van der Waals surface area contributed by atoms with Crippen LogP contribution in [-0.4, -0.2) is 45.1 Å². The van der Waals surface area contributed by atoms with Crippen molar-refractivity contribution in [2.45, 2.75) is 11.7 Å². The van der Waals surface area contributed by atoms with Crippen LogP contribution in [0.4, 0.5) is 14.5 Å². The van der Waals surface area contributed by atoms with Crippen LogP contribution in [0, 0.1) is 11.6 Å². The molecule has 2 N–H and O–H groups in total. The molecule has 0 aliphatic heterocycles. The molecule has 4 aromatic rings. The lowest BCUT2D eigenvalue weighted by molar-refractivity contribution is -0.113. The van der Waals surface area contributed by atoms with Crippen LogP contribution < -0.4 is 5.32 Å². The van der Waals surface area contributed by atoms with E-state index in [9.17, 15) is 13.6 Å². The van der Waals surface area contributed by atoms with E-state index in [4.69, 9.17) is 4.74 Å². The van der Waals surface area contributed by atoms with Crippen molar-refractivity contribution in [3.8, 4) is 11.4 Å². The van der Waals surface area contributed by atoms with E-state index in [1.807, 2.05) is 35.0 Å². The number of hydrogen-bond donors (Lipinski definition) is 2. The molecule has 0 radical (unpaired) electrons. The van der Waals surface area contributed by atoms with Gasteiger partial charge in [0.1, 0.15) is 11.6 Å². The first-order valence-electron chi connectivity index (χ1n) is 9.43. The number of nitrogens with one attached hydrogen (secondary N) is 2. The second-order valence-electron chi connectivity index (χ2n) is 6.66. The standard InChI is InChI=1S/C21H19F2N5O2S/c1-30-9-8-28-20(15-11-24-17-5-3-2-4-14(15)17)26-27-21(28)31-12-19(29)25-18-7-6-13(22)10-16(18)23/h2-7,10-11,24H,8-9,12H2,1H3,(H,25,29). The lowest BCUT2D eigenvalue weighted by Crippen LogP contribution is -2.16. The summed E-state index contributed by atoms with van der Waals surface area (Å²) >= 11 is 1.17. The highest BCUT2D eigenvalue weighted by molar-refractivity contribution is 7.99. The van der Waals surface area contributed by atoms with Crippen LogP contribution in [0.5, 0.6) is 0 Å². The van der Waals surface area contributed by atoms with Gasteiger partial charge in [0.25, 0.3) is 0 Å². The molecule has 0 aliphatic rings. The third-order valence-corrected chi connectivity index (χ3v) is 5.57. The monoisotopic (exact) mass is 443 g/mol. The first-order valence-corrected chi connectivity index (χ1v) is 10.4. The van der Waals surface area contributed by atoms with Gasteiger partial charge in [0, 0.05) is 35.8 Å². The van der Waals surface area contributed by atoms with E-state index in [0.29, 0.717) is 24.1 Å². The van der Waals surface area contributed by atoms with Gasteiger partial charge in [-0.15, -0.1) is 10.2 Å². The first kappa shape index (κ1) is 21.0. The van der Waals surface area contributed by atoms with Gasteiger partial charge in [-0.25, -0.2) is 8.78 Å². The fourth-order valence-corrected chi connectivity index (χ4v) is 3.91. The maximum Gasteiger partial charge on any atom is 0.234 e. The molecule has 0 saturated heterocycles. The smallest absolute Gasteiger partial charge is 0.234 e. The molecule has 2 heterocycles. The zero-order valence-electron chi connectivity index (χ0n) is 16.6. The average Bonchev–Trinajstić information content (AvgIpc) is 3.36. The summed E-state index contributed by atoms with van der Waals surface area (Å²) in [6.45, 7) is 0.933. The van der Waals surface area contributed by atoms with Crippen LogP contribution in [0.25, 0.3) is 22.3 Å². The fourth-order valence-electron chi connectivity index (χ4n) is 3.14. The Hall–Kier alpha value is -3.24. The number of carbonyl (C=O) groups excluding carboxylic acids is 1. The number of rotatable bonds is 8. The van der Waals surface area contributed by atoms with E-state index in [1.54, 1.807) is 7.11 Å². The zero-order chi connectivity index (χ0) is 21.8. The number of benzene rings is 2. The number of hydrogen-bond acceptors (Lipinski definition) is 5. The second kappa shape index (κ2) is 9.27. The molecule has 31 heavy (non-hydrogen) atoms. The molecule has 1 amide bonds. The van der Waals surface area contributed by atoms with Gasteiger partial charge in [0.05, 0.1) is 24.6 Å². The number of ether oxygens (including phenoxy) is 1. The molecule has 0 saturated carbocycles. The number of aromatic amines is 1. The summed E-state index contributed by atoms with van der Waals surface area (Å²) < 4.78 is 33.9. The number of thioether (sulfide) groups is 1. The van der Waals surface area contributed by atoms with Gasteiger partial charge in [-0.1, -0.05) is 30.0 Å². The number of anilines is 1. The summed E-state index contributed by atoms with van der Waals surface area (Å²) in [7, 11) is 1.60. The quantitative estimate of drug-likeness (QED) is 0.401. The molecule has 7 nitrogen and oxygen atoms in total. The maximum atomic E-state index is 13.8. The Kier molecular flexibility index (Phi) is 6.28. The third-order valence-electron chi connectivity index (χ3n) is 4.60. The summed E-state index contributed by atoms with van der Waals surface area (Å²) in [5.74, 6) is -1.34. The van der Waals surface area contributed by atoms with E-state index in [1.165, 1.54) is 17.8 Å². The third kappa shape index (κ3) is 4.59. The summed E-state index contributed by atoms with van der Waals surface area (Å²) in [5.41, 5.74) is 1.80. The Labute approximate surface area is 180 Å². The summed E-state index contributed by atoms with van der Waals surface area (Å²) in [5, 5.41) is 12.6. The van der Waals surface area contributed by atoms with Crippen molar-refractivity contribution >= 4 is 34.3 Å². The summed E-state index contributed by atoms with van der Waals surface area (Å²) in [6.07, 6.45) is 1.87. The second-order valence-corrected chi connectivity index (χ2v) is 7.60. The summed E-state index contributed by atoms with van der Waals surface area (Å²) in [6, 6.07) is 10.9. The van der Waals surface area contributed by atoms with Gasteiger partial charge in [0.2, 0.25) is 5.91 Å². The molecule has 160 valence electrons. The Morgan fingerprint density at radius 3 is 2.87 bits per heavy atom. The molecule has 0 atom stereocenters. The number of para-hydroxylation sites is 1. The normalized spacial score (nSPS) is 11.2. The number of carbonyl (C=O) groups is 1. The van der Waals surface area contributed by atoms with Gasteiger partial charge in [-0.2, -0.15) is 0 Å². The lowest BCUT2D eigenvalue weighted by Gasteiger charge is -2.10. The van der Waals surface area contributed by atoms with Crippen molar-refractivity contribution in [3.05, 3.63) is 60.3 Å². The molecule has 2 aromatic carbocycles. The van der Waals surface area contributed by atoms with Crippen LogP contribution in [-0.2, 0) is 16.1 Å². The molecular formula is C21H19F2N5O2S. The van der Waals surface area contributed by atoms with Gasteiger partial charge >= 0.3 is 0 Å². The maximum absolute atomic E-state index is 13.8. The number of methoxy groups -OCH3 is 1. The molecule has 0 bridgehead atoms. The van der Waals surface area contributed by atoms with Crippen LogP contribution >= 0.6 is 11.8 Å². The number of nitrogens with zero attached hydrogens (tertiary/aromatic N) is 3. The van der Waals surface area contributed by atoms with E-state index in [-0.39, 0.29) is 11.4 Å². The van der Waals surface area contributed by atoms with Crippen molar-refractivity contribution in [1.82, 2.24) is 19.7 Å². The number of halogens is 2. The Morgan fingerprint density at radius 1 is 1.23 bits per heavy atom. The minimum atomic E-state index is -0.830. The molecule has 10 heteroatoms. The van der Waals surface area contributed by atoms with E-state index in [0.717, 1.165) is 28.6 Å². The van der Waals surface area contributed by atoms with Crippen molar-refractivity contribution in [2.24, 2.45) is 0 Å². The first-order chi connectivity index (χ1) is 15.1. The number of aromatic nitrogens is 4. The van der Waals surface area contributed by atoms with Crippen LogP contribution in [0.15, 0.2) is 53.8 Å². The highest BCUT2D eigenvalue weighted by Crippen LogP contribution is 2.30. The minimum Gasteiger partial charge on any atom is -0.383 e. The number of amides is 1. The highest BCUT2D eigenvalue weighted by Gasteiger charge is 2.18. The van der Waals surface area contributed by atoms with Gasteiger partial charge in [-0.3, -0.25) is 9.36 Å². The van der Waals surface area contributed by atoms with Gasteiger partial charge < -0.3 is 15.0 Å². The topological polar surface area (TPSA) is 84.8 Å². The van der Waals surface area contributed by atoms with Crippen LogP contribution in [0.3, 0.4) is 0 Å². The predicted octanol–water partition coefficient (Wildman–Crippen LogP) is 4.08. The van der Waals surface area contributed by atoms with Crippen molar-refractivity contribution in [3.63, 3.8) is 0 Å². The molecule has 2 aromatic heterocycles. The minimum absolute atomic E-state index is 0.0180. The Morgan fingerprint density at radius 2 is 2.06 bits per heavy atom. The fraction of sp³-hybridized carbons (Fsp3) is 0.190. The van der Waals surface area contributed by atoms with E-state index >= 15 is 0 Å². The SMILES string of the molecule is COCCn1c(SCC(=O)Nc2ccc(F)cc2F)nnc1-c1c[nH]c2ccccc12. The molecule has 0 fully saturated rings. The van der Waals surface area contributed by atoms with Crippen LogP contribution in [0.2, 0.25) is 0 Å². The van der Waals surface area contributed by atoms with Crippen molar-refractivity contribution < 1.29 is 18.3 Å². The summed E-state index contributed by atoms with van der Waals surface area (Å²) in [4.78, 5) is 15.5. The Balaban J connectivity index is 1.53. The van der Waals surface area contributed by atoms with E-state index in [2.05, 4.69) is 20.5 Å². The number of fused-ring (bicyclic) bond motifs is 1. The average molecular weight is 443 g/mol. The van der Waals surface area contributed by atoms with Crippen molar-refractivity contribution in [1.29, 1.82) is 0 Å². The zero-order valence-corrected chi connectivity index (χ0v) is 17.4. The highest BCUT2D eigenvalue weighted by atomic mass is 32.2. The molecule has 0 unspecified atom stereocenters. The largest absolute Gasteiger partial charge is 0.383 e. The van der Waals surface area contributed by atoms with Gasteiger partial charge in [-0.05, 0) is 18.2 Å². The lowest BCUT2D eigenvalue weighted by atomic mass is 10.1. The molecular weight excluding hydrogens is 424 g/mol. The molecule has 0 aliphatic carbocycles. The van der Waals surface area contributed by atoms with Gasteiger partial charge in [0.15, 0.2) is 11.0 Å². The number of H-pyrrole nitrogens is 1. The van der Waals surface area contributed by atoms with E-state index < -0.39 is 17.5 Å². The Bertz CT molecular complexity index is 1220. The molecule has 0 spiro atoms. The molecule has 4 rings (SSSR count). The van der Waals surface area contributed by atoms with Crippen LogP contribution in [0.1, 0.15) is 0 Å². The predicted molar refractivity (Wildman–Crippen MR) is 115 cm³/mol. The van der Waals surface area contributed by atoms with Crippen molar-refractivity contribution in [2.75, 3.05) is 24.8 Å².